The summed E-state index contributed by atoms with van der Waals surface area (Å²) in [5.41, 5.74) is 11.2. The Bertz CT molecular complexity index is 574. The summed E-state index contributed by atoms with van der Waals surface area (Å²) in [7, 11) is -3.43. The molecular formula is C12H23ClN6O3S. The Labute approximate surface area is 142 Å². The molecule has 11 heteroatoms. The number of aliphatic imine (C=N–C) groups is 1. The third-order valence-corrected chi connectivity index (χ3v) is 3.83. The highest BCUT2D eigenvalue weighted by Crippen LogP contribution is 2.17. The summed E-state index contributed by atoms with van der Waals surface area (Å²) in [4.78, 5) is 17.5. The molecule has 5 N–H and O–H groups in total. The van der Waals surface area contributed by atoms with Crippen molar-refractivity contribution in [3.8, 4) is 6.07 Å². The van der Waals surface area contributed by atoms with Gasteiger partial charge in [0, 0.05) is 13.1 Å². The number of nitrogens with one attached hydrogen (secondary N) is 1. The molecule has 0 saturated carbocycles. The van der Waals surface area contributed by atoms with Crippen LogP contribution in [0.25, 0.3) is 0 Å². The topological polar surface area (TPSA) is 155 Å². The van der Waals surface area contributed by atoms with Crippen LogP contribution in [0.15, 0.2) is 4.99 Å². The molecule has 0 aliphatic carbocycles. The lowest BCUT2D eigenvalue weighted by molar-refractivity contribution is -0.132. The van der Waals surface area contributed by atoms with Gasteiger partial charge in [-0.05, 0) is 25.7 Å². The van der Waals surface area contributed by atoms with Gasteiger partial charge in [-0.15, -0.1) is 12.4 Å². The molecule has 1 aliphatic rings. The summed E-state index contributed by atoms with van der Waals surface area (Å²) in [6.45, 7) is 0.825. The smallest absolute Gasteiger partial charge is 0.240 e. The number of hydrogen-bond acceptors (Lipinski definition) is 6. The largest absolute Gasteiger partial charge is 0.369 e. The Morgan fingerprint density at radius 3 is 2.78 bits per heavy atom. The first kappa shape index (κ1) is 21.4. The van der Waals surface area contributed by atoms with E-state index in [9.17, 15) is 13.2 Å². The number of guanidine groups is 1. The molecule has 0 radical (unpaired) electrons. The second-order valence-electron chi connectivity index (χ2n) is 5.21. The van der Waals surface area contributed by atoms with E-state index < -0.39 is 16.1 Å². The van der Waals surface area contributed by atoms with E-state index in [2.05, 4.69) is 11.1 Å². The van der Waals surface area contributed by atoms with Crippen molar-refractivity contribution in [2.45, 2.75) is 37.8 Å². The molecule has 0 aromatic rings. The van der Waals surface area contributed by atoms with E-state index in [1.165, 1.54) is 4.90 Å². The van der Waals surface area contributed by atoms with Gasteiger partial charge in [0.15, 0.2) is 0 Å². The number of nitrogens with two attached hydrogens (primary N) is 2. The van der Waals surface area contributed by atoms with Gasteiger partial charge in [0.2, 0.25) is 21.9 Å². The molecule has 0 aromatic heterocycles. The van der Waals surface area contributed by atoms with E-state index >= 15 is 0 Å². The fraction of sp³-hybridized carbons (Fsp3) is 0.750. The van der Waals surface area contributed by atoms with Gasteiger partial charge in [0.25, 0.3) is 0 Å². The number of carbonyl (C=O) groups excluding carboxylic acids is 1. The summed E-state index contributed by atoms with van der Waals surface area (Å²) in [6.07, 6.45) is 3.36. The van der Waals surface area contributed by atoms with Crippen LogP contribution < -0.4 is 16.2 Å². The summed E-state index contributed by atoms with van der Waals surface area (Å²) in [5, 5.41) is 8.96. The summed E-state index contributed by atoms with van der Waals surface area (Å²) in [5.74, 6) is -0.415. The maximum absolute atomic E-state index is 12.1. The van der Waals surface area contributed by atoms with Crippen LogP contribution in [0.3, 0.4) is 0 Å². The van der Waals surface area contributed by atoms with Crippen LogP contribution in [0.1, 0.15) is 25.7 Å². The summed E-state index contributed by atoms with van der Waals surface area (Å²) >= 11 is 0. The maximum atomic E-state index is 12.1. The number of sulfonamides is 1. The Hall–Kier alpha value is -1.57. The zero-order chi connectivity index (χ0) is 16.8. The SMILES string of the molecule is CS(=O)(=O)NC(N)=NCCC[C@H](N)C(=O)N1CCCC1C#N.Cl. The minimum Gasteiger partial charge on any atom is -0.369 e. The number of carbonyl (C=O) groups is 1. The van der Waals surface area contributed by atoms with Crippen LogP contribution in [0, 0.1) is 11.3 Å². The number of hydrogen-bond donors (Lipinski definition) is 3. The molecule has 132 valence electrons. The van der Waals surface area contributed by atoms with Gasteiger partial charge >= 0.3 is 0 Å². The van der Waals surface area contributed by atoms with E-state index in [-0.39, 0.29) is 36.9 Å². The van der Waals surface area contributed by atoms with Gasteiger partial charge in [-0.2, -0.15) is 5.26 Å². The normalized spacial score (nSPS) is 19.6. The molecular weight excluding hydrogens is 344 g/mol. The highest BCUT2D eigenvalue weighted by Gasteiger charge is 2.31. The molecule has 9 nitrogen and oxygen atoms in total. The van der Waals surface area contributed by atoms with Gasteiger partial charge in [-0.25, -0.2) is 8.42 Å². The Morgan fingerprint density at radius 1 is 1.57 bits per heavy atom. The van der Waals surface area contributed by atoms with Crippen molar-refractivity contribution < 1.29 is 13.2 Å². The molecule has 1 aliphatic heterocycles. The van der Waals surface area contributed by atoms with E-state index in [0.29, 0.717) is 25.8 Å². The second kappa shape index (κ2) is 9.54. The summed E-state index contributed by atoms with van der Waals surface area (Å²) < 4.78 is 23.9. The van der Waals surface area contributed by atoms with Crippen LogP contribution in [0.5, 0.6) is 0 Å². The number of halogens is 1. The van der Waals surface area contributed by atoms with Crippen molar-refractivity contribution in [2.24, 2.45) is 16.5 Å². The first-order valence-electron chi connectivity index (χ1n) is 6.98. The molecule has 0 bridgehead atoms. The maximum Gasteiger partial charge on any atom is 0.240 e. The van der Waals surface area contributed by atoms with Gasteiger partial charge in [-0.3, -0.25) is 14.5 Å². The van der Waals surface area contributed by atoms with E-state index in [0.717, 1.165) is 12.7 Å². The Balaban J connectivity index is 0.00000484. The molecule has 2 atom stereocenters. The molecule has 1 rings (SSSR count). The van der Waals surface area contributed by atoms with E-state index in [1.807, 2.05) is 4.72 Å². The highest BCUT2D eigenvalue weighted by molar-refractivity contribution is 7.89. The van der Waals surface area contributed by atoms with Crippen LogP contribution in [-0.4, -0.2) is 56.6 Å². The molecule has 1 unspecified atom stereocenters. The number of amides is 1. The van der Waals surface area contributed by atoms with Gasteiger partial charge < -0.3 is 16.4 Å². The summed E-state index contributed by atoms with van der Waals surface area (Å²) in [6, 6.07) is 1.03. The molecule has 1 heterocycles. The monoisotopic (exact) mass is 366 g/mol. The first-order valence-corrected chi connectivity index (χ1v) is 8.87. The van der Waals surface area contributed by atoms with Crippen LogP contribution in [0.4, 0.5) is 0 Å². The predicted octanol–water partition coefficient (Wildman–Crippen LogP) is -1.11. The number of nitriles is 1. The fourth-order valence-corrected chi connectivity index (χ4v) is 2.68. The molecule has 1 fully saturated rings. The molecule has 0 spiro atoms. The van der Waals surface area contributed by atoms with Crippen molar-refractivity contribution in [1.29, 1.82) is 5.26 Å². The van der Waals surface area contributed by atoms with Gasteiger partial charge in [0.1, 0.15) is 6.04 Å². The second-order valence-corrected chi connectivity index (χ2v) is 6.96. The number of likely N-dealkylation sites (tertiary alicyclic amines) is 1. The molecule has 1 amide bonds. The van der Waals surface area contributed by atoms with Crippen molar-refractivity contribution in [2.75, 3.05) is 19.3 Å². The van der Waals surface area contributed by atoms with Crippen LogP contribution >= 0.6 is 12.4 Å². The zero-order valence-corrected chi connectivity index (χ0v) is 14.6. The molecule has 0 aromatic carbocycles. The molecule has 1 saturated heterocycles. The first-order chi connectivity index (χ1) is 10.2. The lowest BCUT2D eigenvalue weighted by Crippen LogP contribution is -2.45. The minimum absolute atomic E-state index is 0. The Kier molecular flexibility index (Phi) is 8.89. The fourth-order valence-electron chi connectivity index (χ4n) is 2.23. The standard InChI is InChI=1S/C12H22N6O3S.ClH/c1-22(20,21)17-12(15)16-6-2-5-10(14)11(19)18-7-3-4-9(18)8-13;/h9-10H,2-7,14H2,1H3,(H3,15,16,17);1H/t9?,10-;/m0./s1. The lowest BCUT2D eigenvalue weighted by atomic mass is 10.1. The predicted molar refractivity (Wildman–Crippen MR) is 89.3 cm³/mol. The molecule has 23 heavy (non-hydrogen) atoms. The Morgan fingerprint density at radius 2 is 2.22 bits per heavy atom. The average molecular weight is 367 g/mol. The van der Waals surface area contributed by atoms with Crippen LogP contribution in [-0.2, 0) is 14.8 Å². The van der Waals surface area contributed by atoms with E-state index in [4.69, 9.17) is 16.7 Å². The minimum atomic E-state index is -3.43. The van der Waals surface area contributed by atoms with Gasteiger partial charge in [-0.1, -0.05) is 0 Å². The van der Waals surface area contributed by atoms with Crippen molar-refractivity contribution in [3.63, 3.8) is 0 Å². The van der Waals surface area contributed by atoms with Crippen LogP contribution in [0.2, 0.25) is 0 Å². The number of nitrogens with zero attached hydrogens (tertiary/aromatic N) is 3. The van der Waals surface area contributed by atoms with E-state index in [1.54, 1.807) is 0 Å². The average Bonchev–Trinajstić information content (AvgIpc) is 2.88. The van der Waals surface area contributed by atoms with Crippen molar-refractivity contribution in [1.82, 2.24) is 9.62 Å². The number of rotatable bonds is 6. The lowest BCUT2D eigenvalue weighted by Gasteiger charge is -2.23. The van der Waals surface area contributed by atoms with Crippen molar-refractivity contribution in [3.05, 3.63) is 0 Å². The highest BCUT2D eigenvalue weighted by atomic mass is 35.5. The third-order valence-electron chi connectivity index (χ3n) is 3.25. The van der Waals surface area contributed by atoms with Gasteiger partial charge in [0.05, 0.1) is 18.4 Å². The quantitative estimate of drug-likeness (QED) is 0.307. The zero-order valence-electron chi connectivity index (χ0n) is 12.9. The third kappa shape index (κ3) is 7.49. The van der Waals surface area contributed by atoms with Crippen molar-refractivity contribution >= 4 is 34.3 Å².